The van der Waals surface area contributed by atoms with E-state index in [9.17, 15) is 14.7 Å². The van der Waals surface area contributed by atoms with Crippen LogP contribution >= 0.6 is 11.6 Å². The van der Waals surface area contributed by atoms with Gasteiger partial charge < -0.3 is 18.8 Å². The lowest BCUT2D eigenvalue weighted by Gasteiger charge is -2.14. The smallest absolute Gasteiger partial charge is 0.348 e. The zero-order valence-corrected chi connectivity index (χ0v) is 19.7. The van der Waals surface area contributed by atoms with Gasteiger partial charge in [0.05, 0.1) is 23.8 Å². The van der Waals surface area contributed by atoms with Crippen LogP contribution in [0.15, 0.2) is 88.1 Å². The van der Waals surface area contributed by atoms with Crippen molar-refractivity contribution in [1.82, 2.24) is 4.57 Å². The number of fused-ring (bicyclic) bond motifs is 1. The number of nitrogens with zero attached hydrogens (tertiary/aromatic N) is 1. The lowest BCUT2D eigenvalue weighted by Crippen LogP contribution is -2.09. The maximum atomic E-state index is 13.3. The summed E-state index contributed by atoms with van der Waals surface area (Å²) < 4.78 is 12.5. The van der Waals surface area contributed by atoms with Gasteiger partial charge in [-0.25, -0.2) is 9.59 Å². The number of halogens is 1. The van der Waals surface area contributed by atoms with Crippen LogP contribution in [0, 0.1) is 6.92 Å². The Hall–Kier alpha value is -4.29. The number of hydrogen-bond donors (Lipinski definition) is 1. The third-order valence-corrected chi connectivity index (χ3v) is 6.22. The number of methoxy groups -OCH3 is 1. The van der Waals surface area contributed by atoms with Crippen LogP contribution in [-0.4, -0.2) is 22.8 Å². The number of aromatic hydroxyl groups is 1. The van der Waals surface area contributed by atoms with Crippen molar-refractivity contribution in [2.24, 2.45) is 0 Å². The molecule has 0 aliphatic rings. The molecule has 0 saturated heterocycles. The summed E-state index contributed by atoms with van der Waals surface area (Å²) in [5.74, 6) is -0.915. The summed E-state index contributed by atoms with van der Waals surface area (Å²) in [5.41, 5.74) is 2.24. The quantitative estimate of drug-likeness (QED) is 0.236. The second-order valence-electron chi connectivity index (χ2n) is 7.96. The van der Waals surface area contributed by atoms with Crippen LogP contribution in [0.3, 0.4) is 0 Å². The first-order valence-electron chi connectivity index (χ1n) is 10.8. The third kappa shape index (κ3) is 3.68. The van der Waals surface area contributed by atoms with Crippen molar-refractivity contribution >= 4 is 28.5 Å². The van der Waals surface area contributed by atoms with Gasteiger partial charge in [-0.3, -0.25) is 0 Å². The number of aromatic nitrogens is 1. The molecule has 2 aromatic heterocycles. The van der Waals surface area contributed by atoms with Crippen LogP contribution in [0.2, 0.25) is 5.02 Å². The summed E-state index contributed by atoms with van der Waals surface area (Å²) in [7, 11) is 1.27. The molecular formula is C28H20ClNO5. The Bertz CT molecular complexity index is 1630. The first-order valence-corrected chi connectivity index (χ1v) is 11.2. The molecule has 0 spiro atoms. The van der Waals surface area contributed by atoms with E-state index in [0.29, 0.717) is 27.5 Å². The Morgan fingerprint density at radius 3 is 2.29 bits per heavy atom. The van der Waals surface area contributed by atoms with E-state index in [4.69, 9.17) is 20.8 Å². The van der Waals surface area contributed by atoms with Crippen LogP contribution in [0.5, 0.6) is 5.75 Å². The van der Waals surface area contributed by atoms with E-state index in [1.165, 1.54) is 7.11 Å². The monoisotopic (exact) mass is 485 g/mol. The molecule has 0 amide bonds. The van der Waals surface area contributed by atoms with Crippen molar-refractivity contribution in [1.29, 1.82) is 0 Å². The van der Waals surface area contributed by atoms with Crippen molar-refractivity contribution in [2.75, 3.05) is 7.11 Å². The topological polar surface area (TPSA) is 81.7 Å². The Balaban J connectivity index is 2.00. The number of rotatable bonds is 4. The van der Waals surface area contributed by atoms with E-state index in [-0.39, 0.29) is 28.0 Å². The Kier molecular flexibility index (Phi) is 5.67. The summed E-state index contributed by atoms with van der Waals surface area (Å²) in [5, 5.41) is 12.2. The molecule has 0 aliphatic carbocycles. The van der Waals surface area contributed by atoms with E-state index in [0.717, 1.165) is 5.56 Å². The predicted octanol–water partition coefficient (Wildman–Crippen LogP) is 6.37. The zero-order chi connectivity index (χ0) is 24.7. The minimum Gasteiger partial charge on any atom is -0.506 e. The van der Waals surface area contributed by atoms with Crippen molar-refractivity contribution in [3.63, 3.8) is 0 Å². The Morgan fingerprint density at radius 2 is 1.60 bits per heavy atom. The molecule has 0 saturated carbocycles. The van der Waals surface area contributed by atoms with Gasteiger partial charge in [0, 0.05) is 22.0 Å². The number of hydrogen-bond acceptors (Lipinski definition) is 5. The molecule has 35 heavy (non-hydrogen) atoms. The van der Waals surface area contributed by atoms with Gasteiger partial charge >= 0.3 is 11.6 Å². The molecule has 5 aromatic rings. The number of carbonyl (C=O) groups excluding carboxylic acids is 1. The minimum atomic E-state index is -0.767. The molecule has 2 heterocycles. The van der Waals surface area contributed by atoms with Crippen molar-refractivity contribution in [3.8, 4) is 33.8 Å². The first-order chi connectivity index (χ1) is 16.9. The molecule has 0 bridgehead atoms. The Labute approximate surface area is 205 Å². The highest BCUT2D eigenvalue weighted by molar-refractivity contribution is 6.30. The molecule has 174 valence electrons. The predicted molar refractivity (Wildman–Crippen MR) is 135 cm³/mol. The molecule has 0 unspecified atom stereocenters. The van der Waals surface area contributed by atoms with Crippen LogP contribution in [0.25, 0.3) is 39.0 Å². The molecule has 5 rings (SSSR count). The summed E-state index contributed by atoms with van der Waals surface area (Å²) in [4.78, 5) is 26.4. The largest absolute Gasteiger partial charge is 0.506 e. The van der Waals surface area contributed by atoms with E-state index in [1.807, 2.05) is 47.0 Å². The average Bonchev–Trinajstić information content (AvgIpc) is 3.17. The maximum Gasteiger partial charge on any atom is 0.348 e. The van der Waals surface area contributed by atoms with E-state index >= 15 is 0 Å². The first kappa shape index (κ1) is 22.5. The summed E-state index contributed by atoms with van der Waals surface area (Å²) in [6, 6.07) is 23.1. The van der Waals surface area contributed by atoms with Crippen molar-refractivity contribution < 1.29 is 19.1 Å². The summed E-state index contributed by atoms with van der Waals surface area (Å²) >= 11 is 6.13. The summed E-state index contributed by atoms with van der Waals surface area (Å²) in [6.45, 7) is 1.76. The lowest BCUT2D eigenvalue weighted by atomic mass is 9.96. The third-order valence-electron chi connectivity index (χ3n) is 5.96. The van der Waals surface area contributed by atoms with Gasteiger partial charge in [-0.15, -0.1) is 0 Å². The van der Waals surface area contributed by atoms with Crippen LogP contribution in [0.4, 0.5) is 0 Å². The van der Waals surface area contributed by atoms with Gasteiger partial charge in [-0.05, 0) is 48.9 Å². The second-order valence-corrected chi connectivity index (χ2v) is 8.40. The minimum absolute atomic E-state index is 0.112. The van der Waals surface area contributed by atoms with Gasteiger partial charge in [-0.2, -0.15) is 0 Å². The lowest BCUT2D eigenvalue weighted by molar-refractivity contribution is 0.0601. The van der Waals surface area contributed by atoms with Gasteiger partial charge in [0.15, 0.2) is 0 Å². The molecular weight excluding hydrogens is 466 g/mol. The highest BCUT2D eigenvalue weighted by Crippen LogP contribution is 2.44. The van der Waals surface area contributed by atoms with Crippen molar-refractivity contribution in [3.05, 3.63) is 106 Å². The van der Waals surface area contributed by atoms with Crippen LogP contribution < -0.4 is 5.63 Å². The molecule has 0 radical (unpaired) electrons. The number of benzene rings is 3. The van der Waals surface area contributed by atoms with E-state index < -0.39 is 11.6 Å². The normalized spacial score (nSPS) is 11.1. The van der Waals surface area contributed by atoms with Gasteiger partial charge in [0.2, 0.25) is 0 Å². The van der Waals surface area contributed by atoms with Crippen LogP contribution in [-0.2, 0) is 4.74 Å². The maximum absolute atomic E-state index is 13.3. The van der Waals surface area contributed by atoms with Gasteiger partial charge in [0.1, 0.15) is 16.9 Å². The molecule has 7 heteroatoms. The number of esters is 1. The second kappa shape index (κ2) is 8.81. The summed E-state index contributed by atoms with van der Waals surface area (Å²) in [6.07, 6.45) is 0. The number of ether oxygens (including phenoxy) is 1. The van der Waals surface area contributed by atoms with Gasteiger partial charge in [-0.1, -0.05) is 54.1 Å². The van der Waals surface area contributed by atoms with Crippen molar-refractivity contribution in [2.45, 2.75) is 6.92 Å². The van der Waals surface area contributed by atoms with Gasteiger partial charge in [0.25, 0.3) is 0 Å². The fourth-order valence-electron chi connectivity index (χ4n) is 4.42. The Morgan fingerprint density at radius 1 is 0.943 bits per heavy atom. The average molecular weight is 486 g/mol. The number of para-hydroxylation sites is 1. The van der Waals surface area contributed by atoms with Crippen LogP contribution in [0.1, 0.15) is 16.1 Å². The highest BCUT2D eigenvalue weighted by Gasteiger charge is 2.32. The SMILES string of the molecule is COC(=O)c1c(-c2c(O)c3ccccc3oc2=O)c(-c2ccccc2)n(-c2ccc(Cl)cc2)c1C. The van der Waals surface area contributed by atoms with E-state index in [2.05, 4.69) is 0 Å². The molecule has 0 fully saturated rings. The fraction of sp³-hybridized carbons (Fsp3) is 0.0714. The standard InChI is InChI=1S/C28H20ClNO5/c1-16-22(27(32)34-2)23(24-26(31)20-10-6-7-11-21(20)35-28(24)33)25(17-8-4-3-5-9-17)30(16)19-14-12-18(29)13-15-19/h3-15,31H,1-2H3. The molecule has 3 aromatic carbocycles. The molecule has 6 nitrogen and oxygen atoms in total. The highest BCUT2D eigenvalue weighted by atomic mass is 35.5. The molecule has 0 atom stereocenters. The van der Waals surface area contributed by atoms with E-state index in [1.54, 1.807) is 43.3 Å². The zero-order valence-electron chi connectivity index (χ0n) is 18.9. The molecule has 1 N–H and O–H groups in total. The molecule has 0 aliphatic heterocycles. The number of carbonyl (C=O) groups is 1. The fourth-order valence-corrected chi connectivity index (χ4v) is 4.55.